The second kappa shape index (κ2) is 8.49. The molecule has 3 heterocycles. The van der Waals surface area contributed by atoms with Crippen LogP contribution in [0.1, 0.15) is 23.1 Å². The first-order chi connectivity index (χ1) is 14.4. The maximum absolute atomic E-state index is 13.4. The molecule has 1 aromatic carbocycles. The molecule has 30 heavy (non-hydrogen) atoms. The van der Waals surface area contributed by atoms with Gasteiger partial charge in [0.15, 0.2) is 0 Å². The molecule has 0 aliphatic carbocycles. The molecule has 3 aromatic rings. The molecule has 0 saturated carbocycles. The fraction of sp³-hybridized carbons (Fsp3) is 0.409. The number of morpholine rings is 1. The number of aromatic nitrogens is 4. The lowest BCUT2D eigenvalue weighted by Crippen LogP contribution is -2.38. The van der Waals surface area contributed by atoms with Crippen molar-refractivity contribution in [3.05, 3.63) is 59.4 Å². The predicted octanol–water partition coefficient (Wildman–Crippen LogP) is 2.96. The number of hydrogen-bond donors (Lipinski definition) is 0. The summed E-state index contributed by atoms with van der Waals surface area (Å²) in [5.41, 5.74) is 4.95. The molecular weight excluding hydrogens is 383 g/mol. The molecule has 7 nitrogen and oxygen atoms in total. The van der Waals surface area contributed by atoms with E-state index in [1.54, 1.807) is 18.3 Å². The van der Waals surface area contributed by atoms with Gasteiger partial charge in [0.2, 0.25) is 5.95 Å². The smallest absolute Gasteiger partial charge is 0.225 e. The van der Waals surface area contributed by atoms with Gasteiger partial charge in [-0.2, -0.15) is 5.10 Å². The average molecular weight is 410 g/mol. The molecule has 1 saturated heterocycles. The first-order valence-electron chi connectivity index (χ1n) is 10.0. The number of halogens is 1. The van der Waals surface area contributed by atoms with Crippen LogP contribution in [-0.4, -0.2) is 58.4 Å². The van der Waals surface area contributed by atoms with Gasteiger partial charge in [-0.1, -0.05) is 12.1 Å². The van der Waals surface area contributed by atoms with Gasteiger partial charge in [0.25, 0.3) is 0 Å². The molecule has 4 rings (SSSR count). The quantitative estimate of drug-likeness (QED) is 0.645. The van der Waals surface area contributed by atoms with E-state index in [0.29, 0.717) is 19.1 Å². The van der Waals surface area contributed by atoms with Crippen LogP contribution < -0.4 is 4.90 Å². The Kier molecular flexibility index (Phi) is 5.78. The molecule has 0 spiro atoms. The number of anilines is 1. The lowest BCUT2D eigenvalue weighted by molar-refractivity contribution is -0.0347. The van der Waals surface area contributed by atoms with Gasteiger partial charge in [-0.3, -0.25) is 9.58 Å². The molecule has 0 amide bonds. The molecule has 0 radical (unpaired) electrons. The minimum Gasteiger partial charge on any atom is -0.369 e. The SMILES string of the molecule is Cc1c(CN2CCO[C@@H](c3nc(N(C)C)ncc3-c3ccc(F)cc3)C2)cnn1C. The number of hydrogen-bond acceptors (Lipinski definition) is 6. The second-order valence-corrected chi connectivity index (χ2v) is 7.84. The fourth-order valence-corrected chi connectivity index (χ4v) is 3.65. The molecule has 0 unspecified atom stereocenters. The largest absolute Gasteiger partial charge is 0.369 e. The van der Waals surface area contributed by atoms with E-state index in [1.165, 1.54) is 23.4 Å². The first kappa shape index (κ1) is 20.4. The Morgan fingerprint density at radius 2 is 1.97 bits per heavy atom. The highest BCUT2D eigenvalue weighted by molar-refractivity contribution is 5.66. The van der Waals surface area contributed by atoms with Crippen molar-refractivity contribution >= 4 is 5.95 Å². The second-order valence-electron chi connectivity index (χ2n) is 7.84. The summed E-state index contributed by atoms with van der Waals surface area (Å²) < 4.78 is 21.5. The van der Waals surface area contributed by atoms with Crippen LogP contribution in [0.4, 0.5) is 10.3 Å². The van der Waals surface area contributed by atoms with Gasteiger partial charge in [-0.25, -0.2) is 14.4 Å². The maximum atomic E-state index is 13.4. The summed E-state index contributed by atoms with van der Waals surface area (Å²) in [5.74, 6) is 0.359. The van der Waals surface area contributed by atoms with E-state index in [4.69, 9.17) is 9.72 Å². The summed E-state index contributed by atoms with van der Waals surface area (Å²) in [7, 11) is 5.78. The maximum Gasteiger partial charge on any atom is 0.225 e. The number of rotatable bonds is 5. The van der Waals surface area contributed by atoms with Crippen molar-refractivity contribution in [3.63, 3.8) is 0 Å². The lowest BCUT2D eigenvalue weighted by atomic mass is 10.0. The first-order valence-corrected chi connectivity index (χ1v) is 10.0. The molecular formula is C22H27FN6O. The topological polar surface area (TPSA) is 59.3 Å². The summed E-state index contributed by atoms with van der Waals surface area (Å²) in [6.45, 7) is 5.08. The molecule has 0 bridgehead atoms. The van der Waals surface area contributed by atoms with E-state index in [0.717, 1.165) is 29.9 Å². The van der Waals surface area contributed by atoms with E-state index in [-0.39, 0.29) is 11.9 Å². The molecule has 8 heteroatoms. The predicted molar refractivity (Wildman–Crippen MR) is 114 cm³/mol. The van der Waals surface area contributed by atoms with Crippen molar-refractivity contribution in [1.82, 2.24) is 24.6 Å². The monoisotopic (exact) mass is 410 g/mol. The zero-order valence-electron chi connectivity index (χ0n) is 17.8. The Morgan fingerprint density at radius 3 is 2.63 bits per heavy atom. The van der Waals surface area contributed by atoms with Crippen molar-refractivity contribution in [2.75, 3.05) is 38.7 Å². The summed E-state index contributed by atoms with van der Waals surface area (Å²) in [5, 5.41) is 4.35. The highest BCUT2D eigenvalue weighted by Gasteiger charge is 2.27. The van der Waals surface area contributed by atoms with E-state index >= 15 is 0 Å². The third-order valence-electron chi connectivity index (χ3n) is 5.55. The molecule has 1 atom stereocenters. The van der Waals surface area contributed by atoms with Crippen LogP contribution in [0, 0.1) is 12.7 Å². The summed E-state index contributed by atoms with van der Waals surface area (Å²) in [6.07, 6.45) is 3.54. The Balaban J connectivity index is 1.64. The molecule has 1 aliphatic rings. The van der Waals surface area contributed by atoms with E-state index in [1.807, 2.05) is 36.9 Å². The zero-order chi connectivity index (χ0) is 21.3. The normalized spacial score (nSPS) is 17.3. The Morgan fingerprint density at radius 1 is 1.20 bits per heavy atom. The number of aryl methyl sites for hydroxylation is 1. The van der Waals surface area contributed by atoms with Gasteiger partial charge in [0.05, 0.1) is 18.5 Å². The molecule has 2 aromatic heterocycles. The molecule has 1 fully saturated rings. The van der Waals surface area contributed by atoms with Crippen LogP contribution in [-0.2, 0) is 18.3 Å². The highest BCUT2D eigenvalue weighted by atomic mass is 19.1. The number of nitrogens with zero attached hydrogens (tertiary/aromatic N) is 6. The lowest BCUT2D eigenvalue weighted by Gasteiger charge is -2.33. The Bertz CT molecular complexity index is 1020. The Hall–Kier alpha value is -2.84. The third kappa shape index (κ3) is 4.20. The van der Waals surface area contributed by atoms with Crippen molar-refractivity contribution in [2.45, 2.75) is 19.6 Å². The van der Waals surface area contributed by atoms with Crippen LogP contribution in [0.5, 0.6) is 0 Å². The summed E-state index contributed by atoms with van der Waals surface area (Å²) >= 11 is 0. The minimum atomic E-state index is -0.266. The van der Waals surface area contributed by atoms with E-state index < -0.39 is 0 Å². The van der Waals surface area contributed by atoms with Crippen LogP contribution in [0.3, 0.4) is 0 Å². The summed E-state index contributed by atoms with van der Waals surface area (Å²) in [4.78, 5) is 13.5. The van der Waals surface area contributed by atoms with Gasteiger partial charge in [0, 0.05) is 63.8 Å². The van der Waals surface area contributed by atoms with E-state index in [2.05, 4.69) is 21.9 Å². The zero-order valence-corrected chi connectivity index (χ0v) is 17.8. The van der Waals surface area contributed by atoms with Gasteiger partial charge in [-0.05, 0) is 24.6 Å². The van der Waals surface area contributed by atoms with Crippen LogP contribution >= 0.6 is 0 Å². The van der Waals surface area contributed by atoms with Crippen molar-refractivity contribution in [3.8, 4) is 11.1 Å². The van der Waals surface area contributed by atoms with Crippen molar-refractivity contribution in [1.29, 1.82) is 0 Å². The fourth-order valence-electron chi connectivity index (χ4n) is 3.65. The van der Waals surface area contributed by atoms with Crippen molar-refractivity contribution < 1.29 is 9.13 Å². The molecule has 1 aliphatic heterocycles. The highest BCUT2D eigenvalue weighted by Crippen LogP contribution is 2.32. The van der Waals surface area contributed by atoms with E-state index in [9.17, 15) is 4.39 Å². The average Bonchev–Trinajstić information content (AvgIpc) is 3.06. The van der Waals surface area contributed by atoms with Gasteiger partial charge < -0.3 is 9.64 Å². The standard InChI is InChI=1S/C22H27FN6O/c1-15-17(11-25-28(15)4)13-29-9-10-30-20(14-29)21-19(12-24-22(26-21)27(2)3)16-5-7-18(23)8-6-16/h5-8,11-12,20H,9-10,13-14H2,1-4H3/t20-/m1/s1. The van der Waals surface area contributed by atoms with Crippen LogP contribution in [0.2, 0.25) is 0 Å². The van der Waals surface area contributed by atoms with Crippen LogP contribution in [0.25, 0.3) is 11.1 Å². The molecule has 0 N–H and O–H groups in total. The van der Waals surface area contributed by atoms with Gasteiger partial charge in [-0.15, -0.1) is 0 Å². The number of ether oxygens (including phenoxy) is 1. The minimum absolute atomic E-state index is 0.197. The third-order valence-corrected chi connectivity index (χ3v) is 5.55. The van der Waals surface area contributed by atoms with Gasteiger partial charge in [0.1, 0.15) is 11.9 Å². The Labute approximate surface area is 176 Å². The number of benzene rings is 1. The summed E-state index contributed by atoms with van der Waals surface area (Å²) in [6, 6.07) is 6.43. The molecule has 158 valence electrons. The van der Waals surface area contributed by atoms with Gasteiger partial charge >= 0.3 is 0 Å². The van der Waals surface area contributed by atoms with Crippen LogP contribution in [0.15, 0.2) is 36.7 Å². The van der Waals surface area contributed by atoms with Crippen molar-refractivity contribution in [2.24, 2.45) is 7.05 Å².